The SMILES string of the molecule is Cc1nn(CCNC(=O)C2(C)Oc3ccccc3NC2=O)c(C)c1Cl. The molecule has 25 heavy (non-hydrogen) atoms. The Balaban J connectivity index is 1.66. The number of hydrogen-bond donors (Lipinski definition) is 2. The molecule has 0 fully saturated rings. The number of fused-ring (bicyclic) bond motifs is 1. The Morgan fingerprint density at radius 2 is 2.12 bits per heavy atom. The van der Waals surface area contributed by atoms with Crippen LogP contribution in [-0.4, -0.2) is 33.7 Å². The quantitative estimate of drug-likeness (QED) is 0.815. The Morgan fingerprint density at radius 1 is 1.40 bits per heavy atom. The number of carbonyl (C=O) groups is 2. The summed E-state index contributed by atoms with van der Waals surface area (Å²) < 4.78 is 7.40. The number of ether oxygens (including phenoxy) is 1. The normalized spacial score (nSPS) is 19.0. The number of carbonyl (C=O) groups excluding carboxylic acids is 2. The first-order chi connectivity index (χ1) is 11.8. The lowest BCUT2D eigenvalue weighted by atomic mass is 10.0. The Kier molecular flexibility index (Phi) is 4.43. The number of nitrogens with zero attached hydrogens (tertiary/aromatic N) is 2. The van der Waals surface area contributed by atoms with E-state index in [9.17, 15) is 9.59 Å². The maximum atomic E-state index is 12.5. The van der Waals surface area contributed by atoms with E-state index >= 15 is 0 Å². The highest BCUT2D eigenvalue weighted by Gasteiger charge is 2.47. The highest BCUT2D eigenvalue weighted by atomic mass is 35.5. The monoisotopic (exact) mass is 362 g/mol. The summed E-state index contributed by atoms with van der Waals surface area (Å²) in [5.41, 5.74) is 0.500. The van der Waals surface area contributed by atoms with Crippen LogP contribution in [-0.2, 0) is 16.1 Å². The van der Waals surface area contributed by atoms with E-state index in [1.807, 2.05) is 13.8 Å². The zero-order chi connectivity index (χ0) is 18.2. The summed E-state index contributed by atoms with van der Waals surface area (Å²) in [6, 6.07) is 6.99. The topological polar surface area (TPSA) is 85.2 Å². The number of anilines is 1. The van der Waals surface area contributed by atoms with Gasteiger partial charge in [-0.15, -0.1) is 0 Å². The van der Waals surface area contributed by atoms with E-state index in [-0.39, 0.29) is 0 Å². The van der Waals surface area contributed by atoms with E-state index in [0.717, 1.165) is 11.4 Å². The van der Waals surface area contributed by atoms with Crippen LogP contribution in [0.4, 0.5) is 5.69 Å². The summed E-state index contributed by atoms with van der Waals surface area (Å²) >= 11 is 6.11. The molecule has 132 valence electrons. The molecule has 0 bridgehead atoms. The molecule has 1 atom stereocenters. The fourth-order valence-electron chi connectivity index (χ4n) is 2.65. The zero-order valence-corrected chi connectivity index (χ0v) is 15.0. The van der Waals surface area contributed by atoms with E-state index in [0.29, 0.717) is 29.5 Å². The van der Waals surface area contributed by atoms with Crippen LogP contribution in [0.2, 0.25) is 5.02 Å². The lowest BCUT2D eigenvalue weighted by Crippen LogP contribution is -2.59. The van der Waals surface area contributed by atoms with Crippen molar-refractivity contribution >= 4 is 29.1 Å². The second-order valence-corrected chi connectivity index (χ2v) is 6.43. The van der Waals surface area contributed by atoms with Crippen molar-refractivity contribution in [3.05, 3.63) is 40.7 Å². The minimum Gasteiger partial charge on any atom is -0.466 e. The maximum Gasteiger partial charge on any atom is 0.278 e. The van der Waals surface area contributed by atoms with Crippen molar-refractivity contribution in [3.8, 4) is 5.75 Å². The fourth-order valence-corrected chi connectivity index (χ4v) is 2.79. The van der Waals surface area contributed by atoms with Gasteiger partial charge in [0.05, 0.1) is 28.6 Å². The molecule has 7 nitrogen and oxygen atoms in total. The second kappa shape index (κ2) is 6.40. The van der Waals surface area contributed by atoms with Crippen LogP contribution in [0.3, 0.4) is 0 Å². The van der Waals surface area contributed by atoms with Gasteiger partial charge in [0, 0.05) is 6.54 Å². The standard InChI is InChI=1S/C17H19ClN4O3/c1-10-14(18)11(2)22(21-10)9-8-19-15(23)17(3)16(24)20-12-6-4-5-7-13(12)25-17/h4-7H,8-9H2,1-3H3,(H,19,23)(H,20,24). The predicted molar refractivity (Wildman–Crippen MR) is 93.8 cm³/mol. The number of rotatable bonds is 4. The molecule has 0 radical (unpaired) electrons. The third kappa shape index (κ3) is 3.07. The average Bonchev–Trinajstić information content (AvgIpc) is 2.83. The zero-order valence-electron chi connectivity index (χ0n) is 14.2. The highest BCUT2D eigenvalue weighted by molar-refractivity contribution is 6.31. The number of hydrogen-bond acceptors (Lipinski definition) is 4. The van der Waals surface area contributed by atoms with Crippen molar-refractivity contribution in [2.24, 2.45) is 0 Å². The molecule has 2 N–H and O–H groups in total. The van der Waals surface area contributed by atoms with Crippen LogP contribution in [0.1, 0.15) is 18.3 Å². The first-order valence-corrected chi connectivity index (χ1v) is 8.28. The Labute approximate surface area is 150 Å². The van der Waals surface area contributed by atoms with Crippen LogP contribution in [0, 0.1) is 13.8 Å². The van der Waals surface area contributed by atoms with E-state index in [4.69, 9.17) is 16.3 Å². The van der Waals surface area contributed by atoms with Crippen molar-refractivity contribution in [2.75, 3.05) is 11.9 Å². The minimum atomic E-state index is -1.62. The van der Waals surface area contributed by atoms with E-state index in [2.05, 4.69) is 15.7 Å². The van der Waals surface area contributed by atoms with Gasteiger partial charge in [-0.1, -0.05) is 23.7 Å². The lowest BCUT2D eigenvalue weighted by Gasteiger charge is -2.33. The summed E-state index contributed by atoms with van der Waals surface area (Å²) in [4.78, 5) is 24.9. The van der Waals surface area contributed by atoms with Crippen molar-refractivity contribution in [1.82, 2.24) is 15.1 Å². The van der Waals surface area contributed by atoms with Crippen LogP contribution in [0.25, 0.3) is 0 Å². The Hall–Kier alpha value is -2.54. The molecule has 1 unspecified atom stereocenters. The molecule has 2 aromatic rings. The largest absolute Gasteiger partial charge is 0.466 e. The number of amides is 2. The van der Waals surface area contributed by atoms with Crippen molar-refractivity contribution in [1.29, 1.82) is 0 Å². The summed E-state index contributed by atoms with van der Waals surface area (Å²) in [5, 5.41) is 10.3. The van der Waals surface area contributed by atoms with Crippen LogP contribution >= 0.6 is 11.6 Å². The van der Waals surface area contributed by atoms with E-state index in [1.165, 1.54) is 6.92 Å². The molecule has 2 amide bonds. The molecule has 2 heterocycles. The lowest BCUT2D eigenvalue weighted by molar-refractivity contribution is -0.146. The van der Waals surface area contributed by atoms with Gasteiger partial charge in [0.1, 0.15) is 5.75 Å². The van der Waals surface area contributed by atoms with Gasteiger partial charge >= 0.3 is 0 Å². The molecule has 1 aromatic carbocycles. The van der Waals surface area contributed by atoms with Gasteiger partial charge in [-0.3, -0.25) is 14.3 Å². The molecule has 1 aromatic heterocycles. The minimum absolute atomic E-state index is 0.297. The van der Waals surface area contributed by atoms with Gasteiger partial charge in [-0.2, -0.15) is 5.10 Å². The van der Waals surface area contributed by atoms with Gasteiger partial charge in [0.15, 0.2) is 0 Å². The summed E-state index contributed by atoms with van der Waals surface area (Å²) in [5.74, 6) is -0.546. The van der Waals surface area contributed by atoms with Gasteiger partial charge in [-0.25, -0.2) is 0 Å². The Morgan fingerprint density at radius 3 is 2.80 bits per heavy atom. The number of para-hydroxylation sites is 2. The molecule has 0 saturated carbocycles. The van der Waals surface area contributed by atoms with Crippen molar-refractivity contribution in [2.45, 2.75) is 32.9 Å². The molecule has 3 rings (SSSR count). The van der Waals surface area contributed by atoms with Crippen molar-refractivity contribution < 1.29 is 14.3 Å². The van der Waals surface area contributed by atoms with Crippen molar-refractivity contribution in [3.63, 3.8) is 0 Å². The van der Waals surface area contributed by atoms with Crippen LogP contribution in [0.15, 0.2) is 24.3 Å². The van der Waals surface area contributed by atoms with Gasteiger partial charge in [0.25, 0.3) is 17.4 Å². The number of halogens is 1. The summed E-state index contributed by atoms with van der Waals surface area (Å²) in [6.45, 7) is 5.88. The third-order valence-electron chi connectivity index (χ3n) is 4.22. The fraction of sp³-hybridized carbons (Fsp3) is 0.353. The molecule has 0 spiro atoms. The number of nitrogens with one attached hydrogen (secondary N) is 2. The first kappa shape index (κ1) is 17.3. The molecule has 0 saturated heterocycles. The highest BCUT2D eigenvalue weighted by Crippen LogP contribution is 2.33. The van der Waals surface area contributed by atoms with Gasteiger partial charge < -0.3 is 15.4 Å². The second-order valence-electron chi connectivity index (χ2n) is 6.05. The summed E-state index contributed by atoms with van der Waals surface area (Å²) in [6.07, 6.45) is 0. The smallest absolute Gasteiger partial charge is 0.278 e. The maximum absolute atomic E-state index is 12.5. The van der Waals surface area contributed by atoms with Gasteiger partial charge in [-0.05, 0) is 32.9 Å². The average molecular weight is 363 g/mol. The molecular weight excluding hydrogens is 344 g/mol. The molecular formula is C17H19ClN4O3. The molecule has 1 aliphatic rings. The number of aryl methyl sites for hydroxylation is 1. The Bertz CT molecular complexity index is 848. The molecule has 1 aliphatic heterocycles. The number of aromatic nitrogens is 2. The van der Waals surface area contributed by atoms with E-state index < -0.39 is 17.4 Å². The summed E-state index contributed by atoms with van der Waals surface area (Å²) in [7, 11) is 0. The predicted octanol–water partition coefficient (Wildman–Crippen LogP) is 2.06. The molecule has 0 aliphatic carbocycles. The van der Waals surface area contributed by atoms with Gasteiger partial charge in [0.2, 0.25) is 0 Å². The third-order valence-corrected chi connectivity index (χ3v) is 4.77. The first-order valence-electron chi connectivity index (χ1n) is 7.90. The molecule has 8 heteroatoms. The number of benzene rings is 1. The van der Waals surface area contributed by atoms with Crippen LogP contribution in [0.5, 0.6) is 5.75 Å². The van der Waals surface area contributed by atoms with Crippen LogP contribution < -0.4 is 15.4 Å². The van der Waals surface area contributed by atoms with E-state index in [1.54, 1.807) is 28.9 Å².